The van der Waals surface area contributed by atoms with Gasteiger partial charge in [-0.3, -0.25) is 4.79 Å². The molecule has 6 aliphatic rings. The van der Waals surface area contributed by atoms with Crippen molar-refractivity contribution < 1.29 is 9.53 Å². The number of ether oxygens (including phenoxy) is 1. The van der Waals surface area contributed by atoms with E-state index in [9.17, 15) is 4.79 Å². The summed E-state index contributed by atoms with van der Waals surface area (Å²) in [5, 5.41) is 0. The third kappa shape index (κ3) is 3.53. The topological polar surface area (TPSA) is 29.5 Å². The molecule has 3 saturated carbocycles. The van der Waals surface area contributed by atoms with E-state index in [1.165, 1.54) is 32.1 Å². The van der Waals surface area contributed by atoms with Crippen molar-refractivity contribution in [2.24, 2.45) is 47.3 Å². The first-order valence-corrected chi connectivity index (χ1v) is 12.1. The summed E-state index contributed by atoms with van der Waals surface area (Å²) in [7, 11) is 1.82. The van der Waals surface area contributed by atoms with Gasteiger partial charge in [-0.15, -0.1) is 0 Å². The molecule has 0 aromatic heterocycles. The van der Waals surface area contributed by atoms with Gasteiger partial charge < -0.3 is 9.64 Å². The minimum atomic E-state index is 0.0154. The second-order valence-corrected chi connectivity index (χ2v) is 10.6. The molecule has 4 bridgehead atoms. The molecule has 0 aromatic rings. The van der Waals surface area contributed by atoms with Crippen molar-refractivity contribution in [3.63, 3.8) is 0 Å². The Balaban J connectivity index is 0.000000159. The molecule has 0 spiro atoms. The molecule has 0 radical (unpaired) electrons. The molecule has 30 heavy (non-hydrogen) atoms. The van der Waals surface area contributed by atoms with Gasteiger partial charge in [0.25, 0.3) is 0 Å². The SMILES string of the molecule is C1=CC2C3C=CC(C3)C2C1.C=C(C)C(=O)N(C)CCOC1CC2CC1C1CC=CC21. The Labute approximate surface area is 181 Å². The van der Waals surface area contributed by atoms with E-state index >= 15 is 0 Å². The van der Waals surface area contributed by atoms with Crippen LogP contribution in [0.3, 0.4) is 0 Å². The van der Waals surface area contributed by atoms with Crippen molar-refractivity contribution >= 4 is 5.91 Å². The highest BCUT2D eigenvalue weighted by atomic mass is 16.5. The number of likely N-dealkylation sites (N-methyl/N-ethyl adjacent to an activating group) is 1. The summed E-state index contributed by atoms with van der Waals surface area (Å²) in [4.78, 5) is 13.4. The summed E-state index contributed by atoms with van der Waals surface area (Å²) < 4.78 is 6.09. The number of carbonyl (C=O) groups is 1. The number of carbonyl (C=O) groups excluding carboxylic acids is 1. The summed E-state index contributed by atoms with van der Waals surface area (Å²) in [6.45, 7) is 6.75. The highest BCUT2D eigenvalue weighted by molar-refractivity contribution is 5.91. The molecule has 3 nitrogen and oxygen atoms in total. The van der Waals surface area contributed by atoms with Gasteiger partial charge in [0.2, 0.25) is 5.91 Å². The van der Waals surface area contributed by atoms with Gasteiger partial charge >= 0.3 is 0 Å². The first-order valence-electron chi connectivity index (χ1n) is 12.1. The molecule has 3 fully saturated rings. The van der Waals surface area contributed by atoms with E-state index in [1.54, 1.807) is 11.8 Å². The number of nitrogens with zero attached hydrogens (tertiary/aromatic N) is 1. The van der Waals surface area contributed by atoms with Gasteiger partial charge in [-0.1, -0.05) is 43.0 Å². The molecule has 0 aromatic carbocycles. The van der Waals surface area contributed by atoms with Crippen molar-refractivity contribution in [3.05, 3.63) is 48.6 Å². The smallest absolute Gasteiger partial charge is 0.248 e. The second-order valence-electron chi connectivity index (χ2n) is 10.6. The van der Waals surface area contributed by atoms with Gasteiger partial charge in [0.1, 0.15) is 0 Å². The minimum absolute atomic E-state index is 0.0154. The molecule has 3 heteroatoms. The van der Waals surface area contributed by atoms with E-state index in [4.69, 9.17) is 4.74 Å². The number of hydrogen-bond acceptors (Lipinski definition) is 2. The van der Waals surface area contributed by atoms with Crippen molar-refractivity contribution in [1.29, 1.82) is 0 Å². The fourth-order valence-electron chi connectivity index (χ4n) is 7.43. The lowest BCUT2D eigenvalue weighted by Gasteiger charge is -2.31. The van der Waals surface area contributed by atoms with Gasteiger partial charge in [-0.05, 0) is 86.4 Å². The predicted molar refractivity (Wildman–Crippen MR) is 121 cm³/mol. The van der Waals surface area contributed by atoms with Crippen molar-refractivity contribution in [2.75, 3.05) is 20.2 Å². The van der Waals surface area contributed by atoms with Crippen LogP contribution in [0.5, 0.6) is 0 Å². The quantitative estimate of drug-likeness (QED) is 0.473. The van der Waals surface area contributed by atoms with Crippen molar-refractivity contribution in [2.45, 2.75) is 45.1 Å². The van der Waals surface area contributed by atoms with E-state index in [1.807, 2.05) is 7.05 Å². The van der Waals surface area contributed by atoms with Crippen LogP contribution in [0.15, 0.2) is 48.6 Å². The van der Waals surface area contributed by atoms with E-state index in [0.717, 1.165) is 47.3 Å². The highest BCUT2D eigenvalue weighted by Gasteiger charge is 2.52. The summed E-state index contributed by atoms with van der Waals surface area (Å²) in [5.74, 6) is 7.12. The second kappa shape index (κ2) is 8.15. The number of allylic oxidation sites excluding steroid dienone is 6. The highest BCUT2D eigenvalue weighted by Crippen LogP contribution is 2.57. The van der Waals surface area contributed by atoms with Crippen LogP contribution in [0.1, 0.15) is 39.0 Å². The average Bonchev–Trinajstić information content (AvgIpc) is 3.53. The zero-order valence-corrected chi connectivity index (χ0v) is 18.6. The van der Waals surface area contributed by atoms with E-state index in [0.29, 0.717) is 24.8 Å². The third-order valence-corrected chi connectivity index (χ3v) is 8.87. The lowest BCUT2D eigenvalue weighted by Crippen LogP contribution is -2.35. The first-order chi connectivity index (χ1) is 14.5. The Hall–Kier alpha value is -1.61. The van der Waals surface area contributed by atoms with Gasteiger partial charge in [0.15, 0.2) is 0 Å². The van der Waals surface area contributed by atoms with Crippen LogP contribution in [0.2, 0.25) is 0 Å². The Kier molecular flexibility index (Phi) is 5.51. The third-order valence-electron chi connectivity index (χ3n) is 8.87. The van der Waals surface area contributed by atoms with Crippen LogP contribution in [0.25, 0.3) is 0 Å². The summed E-state index contributed by atoms with van der Waals surface area (Å²) in [6, 6.07) is 0. The van der Waals surface area contributed by atoms with Crippen LogP contribution in [-0.4, -0.2) is 37.1 Å². The van der Waals surface area contributed by atoms with Gasteiger partial charge in [0, 0.05) is 19.2 Å². The Morgan fingerprint density at radius 2 is 1.70 bits per heavy atom. The van der Waals surface area contributed by atoms with Crippen LogP contribution in [0, 0.1) is 47.3 Å². The molecular formula is C27H37NO2. The van der Waals surface area contributed by atoms with Crippen LogP contribution in [-0.2, 0) is 9.53 Å². The summed E-state index contributed by atoms with van der Waals surface area (Å²) in [6.07, 6.45) is 21.5. The Morgan fingerprint density at radius 1 is 0.967 bits per heavy atom. The largest absolute Gasteiger partial charge is 0.376 e. The Morgan fingerprint density at radius 3 is 2.47 bits per heavy atom. The van der Waals surface area contributed by atoms with Gasteiger partial charge in [0.05, 0.1) is 12.7 Å². The molecule has 9 unspecified atom stereocenters. The monoisotopic (exact) mass is 407 g/mol. The summed E-state index contributed by atoms with van der Waals surface area (Å²) >= 11 is 0. The maximum Gasteiger partial charge on any atom is 0.248 e. The molecular weight excluding hydrogens is 370 g/mol. The zero-order valence-electron chi connectivity index (χ0n) is 18.6. The number of fused-ring (bicyclic) bond motifs is 10. The predicted octanol–water partition coefficient (Wildman–Crippen LogP) is 5.02. The maximum absolute atomic E-state index is 11.7. The summed E-state index contributed by atoms with van der Waals surface area (Å²) in [5.41, 5.74) is 0.590. The lowest BCUT2D eigenvalue weighted by molar-refractivity contribution is -0.127. The fraction of sp³-hybridized carbons (Fsp3) is 0.667. The molecule has 0 aliphatic heterocycles. The number of amides is 1. The fourth-order valence-corrected chi connectivity index (χ4v) is 7.43. The van der Waals surface area contributed by atoms with Crippen LogP contribution in [0.4, 0.5) is 0 Å². The molecule has 6 aliphatic carbocycles. The Bertz CT molecular complexity index is 780. The van der Waals surface area contributed by atoms with Crippen LogP contribution < -0.4 is 0 Å². The number of hydrogen-bond donors (Lipinski definition) is 0. The molecule has 0 N–H and O–H groups in total. The zero-order chi connectivity index (χ0) is 20.8. The van der Waals surface area contributed by atoms with Gasteiger partial charge in [-0.2, -0.15) is 0 Å². The number of rotatable bonds is 5. The maximum atomic E-state index is 11.7. The minimum Gasteiger partial charge on any atom is -0.376 e. The van der Waals surface area contributed by atoms with E-state index in [-0.39, 0.29) is 5.91 Å². The standard InChI is InChI=1S/C17H25NO2.C10H12/c1-11(2)17(19)18(3)7-8-20-16-10-12-9-15(16)14-6-4-5-13(12)14;1-2-9-7-4-5-8(6-7)10(9)3-1/h4-5,12-16H,1,6-10H2,2-3H3;1-2,4-5,7-10H,3,6H2. The molecule has 6 rings (SSSR count). The van der Waals surface area contributed by atoms with Crippen molar-refractivity contribution in [3.8, 4) is 0 Å². The average molecular weight is 408 g/mol. The van der Waals surface area contributed by atoms with Gasteiger partial charge in [-0.25, -0.2) is 0 Å². The van der Waals surface area contributed by atoms with Crippen molar-refractivity contribution in [1.82, 2.24) is 4.90 Å². The molecule has 0 saturated heterocycles. The molecule has 9 atom stereocenters. The molecule has 0 heterocycles. The first kappa shape index (κ1) is 20.3. The molecule has 162 valence electrons. The lowest BCUT2D eigenvalue weighted by atomic mass is 9.80. The van der Waals surface area contributed by atoms with E-state index < -0.39 is 0 Å². The normalized spacial score (nSPS) is 42.9. The van der Waals surface area contributed by atoms with Crippen LogP contribution >= 0.6 is 0 Å². The van der Waals surface area contributed by atoms with E-state index in [2.05, 4.69) is 43.0 Å². The molecule has 1 amide bonds.